The minimum Gasteiger partial charge on any atom is -0.377 e. The molecule has 1 N–H and O–H groups in total. The zero-order chi connectivity index (χ0) is 13.2. The molecule has 98 valence electrons. The molecule has 0 saturated carbocycles. The quantitative estimate of drug-likeness (QED) is 0.782. The van der Waals surface area contributed by atoms with E-state index in [9.17, 15) is 9.59 Å². The Morgan fingerprint density at radius 2 is 2.00 bits per heavy atom. The molecule has 1 heterocycles. The fourth-order valence-electron chi connectivity index (χ4n) is 1.85. The molecule has 0 spiro atoms. The summed E-state index contributed by atoms with van der Waals surface area (Å²) in [5, 5.41) is 2.73. The maximum atomic E-state index is 12.2. The number of methoxy groups -OCH3 is 1. The van der Waals surface area contributed by atoms with Gasteiger partial charge in [0.1, 0.15) is 12.1 Å². The predicted octanol–water partition coefficient (Wildman–Crippen LogP) is 0.537. The van der Waals surface area contributed by atoms with Crippen LogP contribution in [0.5, 0.6) is 0 Å². The Morgan fingerprint density at radius 3 is 2.47 bits per heavy atom. The van der Waals surface area contributed by atoms with Crippen molar-refractivity contribution in [3.05, 3.63) is 0 Å². The summed E-state index contributed by atoms with van der Waals surface area (Å²) in [5.74, 6) is -0.118. The number of hydrogen-bond acceptors (Lipinski definition) is 3. The van der Waals surface area contributed by atoms with Gasteiger partial charge in [0.2, 0.25) is 11.8 Å². The summed E-state index contributed by atoms with van der Waals surface area (Å²) in [6, 6.07) is -0.828. The van der Waals surface area contributed by atoms with Crippen LogP contribution in [0.4, 0.5) is 0 Å². The van der Waals surface area contributed by atoms with Gasteiger partial charge in [-0.3, -0.25) is 9.59 Å². The topological polar surface area (TPSA) is 58.6 Å². The Labute approximate surface area is 102 Å². The van der Waals surface area contributed by atoms with Gasteiger partial charge in [-0.2, -0.15) is 0 Å². The van der Waals surface area contributed by atoms with E-state index in [0.29, 0.717) is 13.0 Å². The lowest BCUT2D eigenvalue weighted by atomic mass is 10.0. The van der Waals surface area contributed by atoms with Crippen molar-refractivity contribution in [2.75, 3.05) is 13.7 Å². The normalized spacial score (nSPS) is 26.1. The number of nitrogens with one attached hydrogen (secondary N) is 1. The van der Waals surface area contributed by atoms with Crippen LogP contribution in [0.25, 0.3) is 0 Å². The molecule has 1 aliphatic rings. The number of amides is 2. The lowest BCUT2D eigenvalue weighted by Crippen LogP contribution is -2.64. The Morgan fingerprint density at radius 1 is 1.41 bits per heavy atom. The molecular formula is C12H22N2O3. The Balaban J connectivity index is 2.86. The second kappa shape index (κ2) is 5.04. The van der Waals surface area contributed by atoms with E-state index in [1.165, 1.54) is 0 Å². The number of rotatable bonds is 4. The lowest BCUT2D eigenvalue weighted by Gasteiger charge is -2.40. The highest BCUT2D eigenvalue weighted by atomic mass is 16.5. The molecule has 0 bridgehead atoms. The summed E-state index contributed by atoms with van der Waals surface area (Å²) < 4.78 is 5.32. The van der Waals surface area contributed by atoms with Crippen molar-refractivity contribution in [3.63, 3.8) is 0 Å². The largest absolute Gasteiger partial charge is 0.377 e. The van der Waals surface area contributed by atoms with Gasteiger partial charge < -0.3 is 15.0 Å². The van der Waals surface area contributed by atoms with Gasteiger partial charge in [0.15, 0.2) is 0 Å². The summed E-state index contributed by atoms with van der Waals surface area (Å²) >= 11 is 0. The summed E-state index contributed by atoms with van der Waals surface area (Å²) in [7, 11) is 1.61. The minimum absolute atomic E-state index is 0.0234. The summed E-state index contributed by atoms with van der Waals surface area (Å²) in [6.45, 7) is 7.86. The lowest BCUT2D eigenvalue weighted by molar-refractivity contribution is -0.152. The molecule has 2 amide bonds. The number of carbonyl (C=O) groups excluding carboxylic acids is 2. The first-order chi connectivity index (χ1) is 7.82. The molecule has 2 atom stereocenters. The Hall–Kier alpha value is -1.10. The average Bonchev–Trinajstić information content (AvgIpc) is 2.29. The SMILES string of the molecule is CCC1NC(=O)C(C)N(CC(C)(C)OC)C1=O. The highest BCUT2D eigenvalue weighted by Gasteiger charge is 2.39. The van der Waals surface area contributed by atoms with Crippen molar-refractivity contribution in [2.45, 2.75) is 51.8 Å². The van der Waals surface area contributed by atoms with Crippen molar-refractivity contribution in [3.8, 4) is 0 Å². The van der Waals surface area contributed by atoms with Crippen LogP contribution in [0.15, 0.2) is 0 Å². The monoisotopic (exact) mass is 242 g/mol. The third kappa shape index (κ3) is 2.97. The fourth-order valence-corrected chi connectivity index (χ4v) is 1.85. The van der Waals surface area contributed by atoms with Crippen LogP contribution in [0.2, 0.25) is 0 Å². The molecule has 1 fully saturated rings. The molecule has 5 nitrogen and oxygen atoms in total. The van der Waals surface area contributed by atoms with E-state index < -0.39 is 17.7 Å². The minimum atomic E-state index is -0.445. The summed E-state index contributed by atoms with van der Waals surface area (Å²) in [5.41, 5.74) is -0.445. The van der Waals surface area contributed by atoms with E-state index in [0.717, 1.165) is 0 Å². The van der Waals surface area contributed by atoms with Crippen molar-refractivity contribution in [1.29, 1.82) is 0 Å². The highest BCUT2D eigenvalue weighted by Crippen LogP contribution is 2.17. The predicted molar refractivity (Wildman–Crippen MR) is 64.5 cm³/mol. The zero-order valence-corrected chi connectivity index (χ0v) is 11.2. The molecule has 0 aromatic carbocycles. The van der Waals surface area contributed by atoms with Crippen LogP contribution >= 0.6 is 0 Å². The maximum absolute atomic E-state index is 12.2. The molecule has 0 aliphatic carbocycles. The number of hydrogen-bond donors (Lipinski definition) is 1. The molecular weight excluding hydrogens is 220 g/mol. The van der Waals surface area contributed by atoms with Crippen LogP contribution in [0, 0.1) is 0 Å². The van der Waals surface area contributed by atoms with Gasteiger partial charge in [-0.25, -0.2) is 0 Å². The van der Waals surface area contributed by atoms with Crippen molar-refractivity contribution >= 4 is 11.8 Å². The first-order valence-electron chi connectivity index (χ1n) is 5.98. The van der Waals surface area contributed by atoms with Crippen molar-refractivity contribution in [1.82, 2.24) is 10.2 Å². The number of nitrogens with zero attached hydrogens (tertiary/aromatic N) is 1. The third-order valence-electron chi connectivity index (χ3n) is 3.26. The highest BCUT2D eigenvalue weighted by molar-refractivity contribution is 5.96. The van der Waals surface area contributed by atoms with Crippen LogP contribution in [0.3, 0.4) is 0 Å². The maximum Gasteiger partial charge on any atom is 0.245 e. The van der Waals surface area contributed by atoms with Crippen LogP contribution in [-0.4, -0.2) is 48.1 Å². The zero-order valence-electron chi connectivity index (χ0n) is 11.2. The van der Waals surface area contributed by atoms with Gasteiger partial charge >= 0.3 is 0 Å². The van der Waals surface area contributed by atoms with Gasteiger partial charge in [-0.1, -0.05) is 6.92 Å². The number of piperazine rings is 1. The molecule has 5 heteroatoms. The molecule has 1 rings (SSSR count). The van der Waals surface area contributed by atoms with E-state index >= 15 is 0 Å². The number of carbonyl (C=O) groups is 2. The first-order valence-corrected chi connectivity index (χ1v) is 5.98. The van der Waals surface area contributed by atoms with Crippen molar-refractivity contribution < 1.29 is 14.3 Å². The third-order valence-corrected chi connectivity index (χ3v) is 3.26. The molecule has 1 aliphatic heterocycles. The Bertz CT molecular complexity index is 315. The van der Waals surface area contributed by atoms with Gasteiger partial charge in [-0.15, -0.1) is 0 Å². The van der Waals surface area contributed by atoms with E-state index in [4.69, 9.17) is 4.74 Å². The molecule has 17 heavy (non-hydrogen) atoms. The molecule has 0 aromatic rings. The van der Waals surface area contributed by atoms with E-state index in [1.54, 1.807) is 18.9 Å². The van der Waals surface area contributed by atoms with Crippen LogP contribution < -0.4 is 5.32 Å². The van der Waals surface area contributed by atoms with Crippen molar-refractivity contribution in [2.24, 2.45) is 0 Å². The Kier molecular flexibility index (Phi) is 4.14. The summed E-state index contributed by atoms with van der Waals surface area (Å²) in [4.78, 5) is 25.5. The standard InChI is InChI=1S/C12H22N2O3/c1-6-9-11(16)14(7-12(3,4)17-5)8(2)10(15)13-9/h8-9H,6-7H2,1-5H3,(H,13,15). The number of ether oxygens (including phenoxy) is 1. The van der Waals surface area contributed by atoms with Crippen LogP contribution in [-0.2, 0) is 14.3 Å². The smallest absolute Gasteiger partial charge is 0.245 e. The summed E-state index contributed by atoms with van der Waals surface area (Å²) in [6.07, 6.45) is 0.612. The fraction of sp³-hybridized carbons (Fsp3) is 0.833. The first kappa shape index (κ1) is 14.0. The molecule has 0 radical (unpaired) electrons. The average molecular weight is 242 g/mol. The molecule has 0 aromatic heterocycles. The van der Waals surface area contributed by atoms with E-state index in [1.807, 2.05) is 20.8 Å². The van der Waals surface area contributed by atoms with Gasteiger partial charge in [0.05, 0.1) is 5.60 Å². The van der Waals surface area contributed by atoms with Gasteiger partial charge in [-0.05, 0) is 27.2 Å². The molecule has 2 unspecified atom stereocenters. The second-order valence-electron chi connectivity index (χ2n) is 5.08. The molecule has 1 saturated heterocycles. The van der Waals surface area contributed by atoms with Gasteiger partial charge in [0.25, 0.3) is 0 Å². The van der Waals surface area contributed by atoms with E-state index in [2.05, 4.69) is 5.32 Å². The van der Waals surface area contributed by atoms with Gasteiger partial charge in [0, 0.05) is 13.7 Å². The van der Waals surface area contributed by atoms with Crippen LogP contribution in [0.1, 0.15) is 34.1 Å². The van der Waals surface area contributed by atoms with E-state index in [-0.39, 0.29) is 11.8 Å². The second-order valence-corrected chi connectivity index (χ2v) is 5.08.